The van der Waals surface area contributed by atoms with Gasteiger partial charge >= 0.3 is 0 Å². The minimum Gasteiger partial charge on any atom is -0.298 e. The van der Waals surface area contributed by atoms with Gasteiger partial charge in [0.1, 0.15) is 0 Å². The molecule has 0 atom stereocenters. The maximum absolute atomic E-state index is 12.7. The van der Waals surface area contributed by atoms with E-state index in [-0.39, 0.29) is 10.8 Å². The van der Waals surface area contributed by atoms with Crippen molar-refractivity contribution in [3.63, 3.8) is 0 Å². The third kappa shape index (κ3) is 4.09. The summed E-state index contributed by atoms with van der Waals surface area (Å²) in [5.41, 5.74) is 1.67. The van der Waals surface area contributed by atoms with E-state index in [1.165, 1.54) is 23.7 Å². The number of carbonyl (C=O) groups is 1. The number of hydrogen-bond acceptors (Lipinski definition) is 5. The highest BCUT2D eigenvalue weighted by atomic mass is 35.5. The lowest BCUT2D eigenvalue weighted by atomic mass is 10.2. The number of thiazole rings is 1. The first-order valence-electron chi connectivity index (χ1n) is 8.45. The summed E-state index contributed by atoms with van der Waals surface area (Å²) in [7, 11) is -3.67. The Hall–Kier alpha value is -2.94. The molecule has 0 fully saturated rings. The number of amides is 1. The zero-order chi connectivity index (χ0) is 20.4. The van der Waals surface area contributed by atoms with Crippen molar-refractivity contribution in [3.05, 3.63) is 89.0 Å². The molecule has 0 bridgehead atoms. The molecule has 0 saturated carbocycles. The van der Waals surface area contributed by atoms with Crippen LogP contribution in [-0.4, -0.2) is 23.3 Å². The molecule has 1 N–H and O–H groups in total. The number of carbonyl (C=O) groups excluding carboxylic acids is 1. The molecule has 9 heteroatoms. The second kappa shape index (κ2) is 7.82. The first-order valence-corrected chi connectivity index (χ1v) is 11.1. The predicted octanol–water partition coefficient (Wildman–Crippen LogP) is 4.75. The Balaban J connectivity index is 1.53. The van der Waals surface area contributed by atoms with Gasteiger partial charge in [0.05, 0.1) is 10.6 Å². The van der Waals surface area contributed by atoms with Gasteiger partial charge in [0.15, 0.2) is 5.13 Å². The Labute approximate surface area is 176 Å². The van der Waals surface area contributed by atoms with Gasteiger partial charge in [-0.25, -0.2) is 17.4 Å². The minimum atomic E-state index is -3.67. The number of nitrogens with one attached hydrogen (secondary N) is 1. The van der Waals surface area contributed by atoms with Crippen LogP contribution >= 0.6 is 22.9 Å². The number of anilines is 1. The van der Waals surface area contributed by atoms with E-state index in [9.17, 15) is 13.2 Å². The number of rotatable bonds is 5. The number of aromatic nitrogens is 2. The monoisotopic (exact) mass is 443 g/mol. The van der Waals surface area contributed by atoms with Gasteiger partial charge in [-0.05, 0) is 42.5 Å². The molecule has 146 valence electrons. The molecule has 0 saturated heterocycles. The maximum Gasteiger partial charge on any atom is 0.267 e. The zero-order valence-corrected chi connectivity index (χ0v) is 17.2. The van der Waals surface area contributed by atoms with E-state index < -0.39 is 10.0 Å². The fraction of sp³-hybridized carbons (Fsp3) is 0. The minimum absolute atomic E-state index is 0.205. The van der Waals surface area contributed by atoms with Crippen molar-refractivity contribution >= 4 is 44.0 Å². The van der Waals surface area contributed by atoms with Crippen LogP contribution in [0.4, 0.5) is 5.13 Å². The summed E-state index contributed by atoms with van der Waals surface area (Å²) in [5, 5.41) is 5.45. The summed E-state index contributed by atoms with van der Waals surface area (Å²) in [6.07, 6.45) is 2.98. The van der Waals surface area contributed by atoms with Crippen molar-refractivity contribution in [2.45, 2.75) is 4.90 Å². The van der Waals surface area contributed by atoms with Crippen LogP contribution in [0.1, 0.15) is 10.4 Å². The third-order valence-electron chi connectivity index (χ3n) is 4.11. The Morgan fingerprint density at radius 3 is 2.48 bits per heavy atom. The summed E-state index contributed by atoms with van der Waals surface area (Å²) in [5.74, 6) is -0.299. The van der Waals surface area contributed by atoms with Crippen LogP contribution in [-0.2, 0) is 10.0 Å². The lowest BCUT2D eigenvalue weighted by molar-refractivity contribution is 0.102. The van der Waals surface area contributed by atoms with Crippen LogP contribution < -0.4 is 5.32 Å². The van der Waals surface area contributed by atoms with Crippen molar-refractivity contribution in [3.8, 4) is 11.3 Å². The largest absolute Gasteiger partial charge is 0.298 e. The molecule has 29 heavy (non-hydrogen) atoms. The zero-order valence-electron chi connectivity index (χ0n) is 14.8. The van der Waals surface area contributed by atoms with Crippen LogP contribution in [0.5, 0.6) is 0 Å². The molecule has 0 spiro atoms. The molecule has 0 unspecified atom stereocenters. The van der Waals surface area contributed by atoms with Gasteiger partial charge in [-0.1, -0.05) is 29.8 Å². The first-order chi connectivity index (χ1) is 13.9. The van der Waals surface area contributed by atoms with Crippen molar-refractivity contribution in [1.82, 2.24) is 8.96 Å². The second-order valence-electron chi connectivity index (χ2n) is 6.05. The van der Waals surface area contributed by atoms with Crippen LogP contribution in [0.3, 0.4) is 0 Å². The Morgan fingerprint density at radius 1 is 1.03 bits per heavy atom. The van der Waals surface area contributed by atoms with Crippen LogP contribution in [0, 0.1) is 0 Å². The van der Waals surface area contributed by atoms with Gasteiger partial charge in [0.25, 0.3) is 15.9 Å². The van der Waals surface area contributed by atoms with E-state index in [2.05, 4.69) is 10.3 Å². The normalized spacial score (nSPS) is 11.3. The van der Waals surface area contributed by atoms with Crippen molar-refractivity contribution < 1.29 is 13.2 Å². The number of nitrogens with zero attached hydrogens (tertiary/aromatic N) is 2. The molecular formula is C20H14ClN3O3S2. The van der Waals surface area contributed by atoms with E-state index in [4.69, 9.17) is 11.6 Å². The average molecular weight is 444 g/mol. The topological polar surface area (TPSA) is 81.1 Å². The Kier molecular flexibility index (Phi) is 5.23. The second-order valence-corrected chi connectivity index (χ2v) is 9.18. The standard InChI is InChI=1S/C20H14ClN3O3S2/c21-16-8-6-14(7-9-16)19(25)23-20-22-18(13-28-20)15-10-11-24(12-15)29(26,27)17-4-2-1-3-5-17/h1-13H,(H,22,23,25). The van der Waals surface area contributed by atoms with E-state index in [1.807, 2.05) is 0 Å². The van der Waals surface area contributed by atoms with Gasteiger partial charge in [-0.3, -0.25) is 10.1 Å². The highest BCUT2D eigenvalue weighted by Crippen LogP contribution is 2.27. The average Bonchev–Trinajstić information content (AvgIpc) is 3.39. The molecule has 4 rings (SSSR count). The van der Waals surface area contributed by atoms with Gasteiger partial charge in [-0.15, -0.1) is 11.3 Å². The number of halogens is 1. The van der Waals surface area contributed by atoms with E-state index in [0.29, 0.717) is 27.0 Å². The van der Waals surface area contributed by atoms with E-state index in [1.54, 1.807) is 66.0 Å². The van der Waals surface area contributed by atoms with Crippen LogP contribution in [0.15, 0.2) is 83.3 Å². The predicted molar refractivity (Wildman–Crippen MR) is 114 cm³/mol. The smallest absolute Gasteiger partial charge is 0.267 e. The molecule has 0 radical (unpaired) electrons. The lowest BCUT2D eigenvalue weighted by Crippen LogP contribution is -2.11. The molecule has 6 nitrogen and oxygen atoms in total. The van der Waals surface area contributed by atoms with Crippen molar-refractivity contribution in [1.29, 1.82) is 0 Å². The SMILES string of the molecule is O=C(Nc1nc(-c2ccn(S(=O)(=O)c3ccccc3)c2)cs1)c1ccc(Cl)cc1. The molecule has 2 aromatic carbocycles. The number of benzene rings is 2. The summed E-state index contributed by atoms with van der Waals surface area (Å²) >= 11 is 7.09. The molecule has 0 aliphatic carbocycles. The van der Waals surface area contributed by atoms with Crippen molar-refractivity contribution in [2.75, 3.05) is 5.32 Å². The molecule has 2 heterocycles. The van der Waals surface area contributed by atoms with Crippen molar-refractivity contribution in [2.24, 2.45) is 0 Å². The highest BCUT2D eigenvalue weighted by Gasteiger charge is 2.17. The number of hydrogen-bond donors (Lipinski definition) is 1. The Morgan fingerprint density at radius 2 is 1.76 bits per heavy atom. The van der Waals surface area contributed by atoms with Crippen LogP contribution in [0.2, 0.25) is 5.02 Å². The summed E-state index contributed by atoms with van der Waals surface area (Å²) in [6.45, 7) is 0. The highest BCUT2D eigenvalue weighted by molar-refractivity contribution is 7.90. The molecular weight excluding hydrogens is 430 g/mol. The van der Waals surface area contributed by atoms with Gasteiger partial charge < -0.3 is 0 Å². The lowest BCUT2D eigenvalue weighted by Gasteiger charge is -2.04. The van der Waals surface area contributed by atoms with Gasteiger partial charge in [0.2, 0.25) is 0 Å². The molecule has 4 aromatic rings. The summed E-state index contributed by atoms with van der Waals surface area (Å²) in [6, 6.07) is 16.4. The summed E-state index contributed by atoms with van der Waals surface area (Å²) in [4.78, 5) is 16.9. The molecule has 2 aromatic heterocycles. The fourth-order valence-corrected chi connectivity index (χ4v) is 4.69. The fourth-order valence-electron chi connectivity index (χ4n) is 2.63. The first kappa shape index (κ1) is 19.4. The quantitative estimate of drug-likeness (QED) is 0.482. The van der Waals surface area contributed by atoms with E-state index >= 15 is 0 Å². The summed E-state index contributed by atoms with van der Waals surface area (Å²) < 4.78 is 26.5. The van der Waals surface area contributed by atoms with E-state index in [0.717, 1.165) is 3.97 Å². The Bertz CT molecular complexity index is 1260. The molecule has 1 amide bonds. The molecule has 0 aliphatic heterocycles. The molecule has 0 aliphatic rings. The van der Waals surface area contributed by atoms with Gasteiger partial charge in [0, 0.05) is 33.9 Å². The third-order valence-corrected chi connectivity index (χ3v) is 6.77. The van der Waals surface area contributed by atoms with Crippen LogP contribution in [0.25, 0.3) is 11.3 Å². The maximum atomic E-state index is 12.7. The van der Waals surface area contributed by atoms with Gasteiger partial charge in [-0.2, -0.15) is 0 Å².